The molecule has 3 rings (SSSR count). The zero-order valence-corrected chi connectivity index (χ0v) is 16.5. The van der Waals surface area contributed by atoms with Crippen LogP contribution in [0.5, 0.6) is 17.2 Å². The molecule has 11 heteroatoms. The van der Waals surface area contributed by atoms with E-state index in [0.29, 0.717) is 5.56 Å². The molecule has 1 saturated heterocycles. The third-order valence-corrected chi connectivity index (χ3v) is 4.84. The molecule has 170 valence electrons. The van der Waals surface area contributed by atoms with Crippen molar-refractivity contribution in [1.29, 1.82) is 5.26 Å². The molecule has 1 fully saturated rings. The van der Waals surface area contributed by atoms with Crippen LogP contribution >= 0.6 is 0 Å². The van der Waals surface area contributed by atoms with Gasteiger partial charge in [-0.25, -0.2) is 4.79 Å². The fourth-order valence-corrected chi connectivity index (χ4v) is 3.08. The molecule has 6 unspecified atom stereocenters. The number of benzene rings is 2. The number of phenolic OH excluding ortho intramolecular Hbond substituents is 3. The SMILES string of the molecule is N#CC(OC1OC(COC(=O)c2cc(O)c(O)c(O)c2)C(O)C(O)C1O)c1ccccc1. The summed E-state index contributed by atoms with van der Waals surface area (Å²) in [6, 6.07) is 12.0. The Labute approximate surface area is 181 Å². The van der Waals surface area contributed by atoms with Crippen molar-refractivity contribution in [2.75, 3.05) is 6.61 Å². The van der Waals surface area contributed by atoms with Gasteiger partial charge < -0.3 is 44.8 Å². The van der Waals surface area contributed by atoms with Gasteiger partial charge in [0.1, 0.15) is 31.0 Å². The topological polar surface area (TPSA) is 190 Å². The Kier molecular flexibility index (Phi) is 7.14. The van der Waals surface area contributed by atoms with Gasteiger partial charge in [-0.2, -0.15) is 5.26 Å². The summed E-state index contributed by atoms with van der Waals surface area (Å²) in [4.78, 5) is 12.2. The maximum Gasteiger partial charge on any atom is 0.338 e. The lowest BCUT2D eigenvalue weighted by Crippen LogP contribution is -2.59. The molecule has 0 radical (unpaired) electrons. The quantitative estimate of drug-likeness (QED) is 0.259. The summed E-state index contributed by atoms with van der Waals surface area (Å²) in [5, 5.41) is 68.3. The molecule has 0 bridgehead atoms. The summed E-state index contributed by atoms with van der Waals surface area (Å²) in [6.45, 7) is -0.603. The van der Waals surface area contributed by atoms with E-state index in [4.69, 9.17) is 14.2 Å². The van der Waals surface area contributed by atoms with E-state index in [2.05, 4.69) is 0 Å². The first-order valence-electron chi connectivity index (χ1n) is 9.44. The van der Waals surface area contributed by atoms with Crippen LogP contribution in [0.15, 0.2) is 42.5 Å². The molecule has 2 aromatic carbocycles. The van der Waals surface area contributed by atoms with Crippen LogP contribution in [0.2, 0.25) is 0 Å². The number of hydrogen-bond donors (Lipinski definition) is 6. The van der Waals surface area contributed by atoms with E-state index in [-0.39, 0.29) is 5.56 Å². The Morgan fingerprint density at radius 1 is 1.03 bits per heavy atom. The second-order valence-electron chi connectivity index (χ2n) is 7.03. The first-order valence-corrected chi connectivity index (χ1v) is 9.44. The summed E-state index contributed by atoms with van der Waals surface area (Å²) in [5.41, 5.74) is 0.173. The number of aromatic hydroxyl groups is 3. The molecule has 11 nitrogen and oxygen atoms in total. The summed E-state index contributed by atoms with van der Waals surface area (Å²) in [5.74, 6) is -3.35. The number of ether oxygens (including phenoxy) is 3. The minimum absolute atomic E-state index is 0.301. The minimum atomic E-state index is -1.73. The smallest absolute Gasteiger partial charge is 0.338 e. The molecule has 2 aromatic rings. The molecule has 6 atom stereocenters. The van der Waals surface area contributed by atoms with Crippen molar-refractivity contribution in [2.24, 2.45) is 0 Å². The van der Waals surface area contributed by atoms with Gasteiger partial charge >= 0.3 is 5.97 Å². The Balaban J connectivity index is 1.69. The summed E-state index contributed by atoms with van der Waals surface area (Å²) >= 11 is 0. The number of rotatable bonds is 6. The first-order chi connectivity index (χ1) is 15.2. The highest BCUT2D eigenvalue weighted by Crippen LogP contribution is 2.35. The number of nitriles is 1. The molecule has 1 heterocycles. The molecule has 0 amide bonds. The first kappa shape index (κ1) is 23.3. The van der Waals surface area contributed by atoms with Crippen LogP contribution in [0, 0.1) is 11.3 Å². The van der Waals surface area contributed by atoms with E-state index in [9.17, 15) is 40.7 Å². The summed E-state index contributed by atoms with van der Waals surface area (Å²) < 4.78 is 15.9. The Morgan fingerprint density at radius 2 is 1.66 bits per heavy atom. The van der Waals surface area contributed by atoms with Crippen LogP contribution in [-0.4, -0.2) is 73.9 Å². The predicted octanol–water partition coefficient (Wildman–Crippen LogP) is 0.0493. The molecule has 6 N–H and O–H groups in total. The minimum Gasteiger partial charge on any atom is -0.504 e. The number of nitrogens with zero attached hydrogens (tertiary/aromatic N) is 1. The molecule has 1 aliphatic rings. The number of aliphatic hydroxyl groups excluding tert-OH is 3. The molecule has 0 aliphatic carbocycles. The summed E-state index contributed by atoms with van der Waals surface area (Å²) in [6.07, 6.45) is -9.08. The van der Waals surface area contributed by atoms with Crippen molar-refractivity contribution in [3.8, 4) is 23.3 Å². The normalized spacial score (nSPS) is 26.1. The van der Waals surface area contributed by atoms with Crippen LogP contribution in [0.25, 0.3) is 0 Å². The monoisotopic (exact) mass is 447 g/mol. The van der Waals surface area contributed by atoms with Crippen LogP contribution in [0.1, 0.15) is 22.0 Å². The number of hydrogen-bond acceptors (Lipinski definition) is 11. The van der Waals surface area contributed by atoms with Gasteiger partial charge in [0.15, 0.2) is 29.6 Å². The molecule has 1 aliphatic heterocycles. The average molecular weight is 447 g/mol. The zero-order chi connectivity index (χ0) is 23.4. The van der Waals surface area contributed by atoms with Crippen LogP contribution in [-0.2, 0) is 14.2 Å². The van der Waals surface area contributed by atoms with Gasteiger partial charge in [-0.15, -0.1) is 0 Å². The molecule has 0 saturated carbocycles. The third kappa shape index (κ3) is 4.91. The van der Waals surface area contributed by atoms with E-state index < -0.39 is 66.6 Å². The Hall–Kier alpha value is -3.40. The highest BCUT2D eigenvalue weighted by atomic mass is 16.7. The fourth-order valence-electron chi connectivity index (χ4n) is 3.08. The van der Waals surface area contributed by atoms with Gasteiger partial charge in [-0.3, -0.25) is 0 Å². The standard InChI is InChI=1S/C21H21NO10/c22-8-14(10-4-2-1-3-5-10)31-21-19(28)18(27)17(26)15(32-21)9-30-20(29)11-6-12(23)16(25)13(24)7-11/h1-7,14-15,17-19,21,23-28H,9H2. The zero-order valence-electron chi connectivity index (χ0n) is 16.5. The Bertz CT molecular complexity index is 969. The van der Waals surface area contributed by atoms with E-state index in [1.807, 2.05) is 6.07 Å². The van der Waals surface area contributed by atoms with E-state index in [0.717, 1.165) is 12.1 Å². The van der Waals surface area contributed by atoms with Crippen molar-refractivity contribution >= 4 is 5.97 Å². The number of carbonyl (C=O) groups is 1. The average Bonchev–Trinajstić information content (AvgIpc) is 2.80. The van der Waals surface area contributed by atoms with Gasteiger partial charge in [0.2, 0.25) is 0 Å². The maximum atomic E-state index is 12.2. The molecule has 0 spiro atoms. The molecular weight excluding hydrogens is 426 g/mol. The largest absolute Gasteiger partial charge is 0.504 e. The van der Waals surface area contributed by atoms with Crippen LogP contribution in [0.4, 0.5) is 0 Å². The van der Waals surface area contributed by atoms with Crippen molar-refractivity contribution in [2.45, 2.75) is 36.8 Å². The van der Waals surface area contributed by atoms with Crippen molar-refractivity contribution in [3.05, 3.63) is 53.6 Å². The van der Waals surface area contributed by atoms with Crippen molar-refractivity contribution in [1.82, 2.24) is 0 Å². The van der Waals surface area contributed by atoms with Gasteiger partial charge in [0, 0.05) is 0 Å². The second kappa shape index (κ2) is 9.82. The fraction of sp³-hybridized carbons (Fsp3) is 0.333. The third-order valence-electron chi connectivity index (χ3n) is 4.84. The second-order valence-corrected chi connectivity index (χ2v) is 7.03. The van der Waals surface area contributed by atoms with Gasteiger partial charge in [-0.1, -0.05) is 30.3 Å². The molecule has 0 aromatic heterocycles. The lowest BCUT2D eigenvalue weighted by molar-refractivity contribution is -0.307. The number of carbonyl (C=O) groups excluding carboxylic acids is 1. The summed E-state index contributed by atoms with van der Waals surface area (Å²) in [7, 11) is 0. The van der Waals surface area contributed by atoms with E-state index in [1.54, 1.807) is 30.3 Å². The molecule has 32 heavy (non-hydrogen) atoms. The van der Waals surface area contributed by atoms with Crippen LogP contribution in [0.3, 0.4) is 0 Å². The highest BCUT2D eigenvalue weighted by Gasteiger charge is 2.45. The van der Waals surface area contributed by atoms with Crippen molar-refractivity contribution < 1.29 is 49.6 Å². The van der Waals surface area contributed by atoms with Crippen LogP contribution < -0.4 is 0 Å². The van der Waals surface area contributed by atoms with E-state index in [1.165, 1.54) is 0 Å². The van der Waals surface area contributed by atoms with Crippen molar-refractivity contribution in [3.63, 3.8) is 0 Å². The number of phenols is 3. The Morgan fingerprint density at radius 3 is 2.25 bits per heavy atom. The number of esters is 1. The van der Waals surface area contributed by atoms with Gasteiger partial charge in [0.25, 0.3) is 0 Å². The molecular formula is C21H21NO10. The number of aliphatic hydroxyl groups is 3. The highest BCUT2D eigenvalue weighted by molar-refractivity contribution is 5.91. The maximum absolute atomic E-state index is 12.2. The lowest BCUT2D eigenvalue weighted by Gasteiger charge is -2.40. The van der Waals surface area contributed by atoms with E-state index >= 15 is 0 Å². The van der Waals surface area contributed by atoms with Gasteiger partial charge in [-0.05, 0) is 17.7 Å². The van der Waals surface area contributed by atoms with Gasteiger partial charge in [0.05, 0.1) is 11.6 Å². The lowest BCUT2D eigenvalue weighted by atomic mass is 9.99. The predicted molar refractivity (Wildman–Crippen MR) is 104 cm³/mol.